The molecule has 0 radical (unpaired) electrons. The van der Waals surface area contributed by atoms with Crippen LogP contribution in [0.3, 0.4) is 0 Å². The topological polar surface area (TPSA) is 12.0 Å². The molecule has 0 aliphatic heterocycles. The van der Waals surface area contributed by atoms with Crippen molar-refractivity contribution in [2.75, 3.05) is 6.54 Å². The molecule has 2 aliphatic carbocycles. The van der Waals surface area contributed by atoms with Crippen LogP contribution in [-0.2, 0) is 0 Å². The van der Waals surface area contributed by atoms with Gasteiger partial charge in [-0.3, -0.25) is 0 Å². The zero-order valence-corrected chi connectivity index (χ0v) is 13.3. The highest BCUT2D eigenvalue weighted by Crippen LogP contribution is 2.49. The van der Waals surface area contributed by atoms with Gasteiger partial charge in [-0.2, -0.15) is 0 Å². The van der Waals surface area contributed by atoms with Gasteiger partial charge in [0.05, 0.1) is 0 Å². The van der Waals surface area contributed by atoms with Crippen molar-refractivity contribution in [2.24, 2.45) is 11.3 Å². The van der Waals surface area contributed by atoms with E-state index in [1.807, 2.05) is 0 Å². The predicted molar refractivity (Wildman–Crippen MR) is 84.4 cm³/mol. The SMILES string of the molecule is CCCNC(C1=CCCC1)C1(CC(C)C)CCCC1. The number of nitrogens with one attached hydrogen (secondary N) is 1. The molecule has 1 unspecified atom stereocenters. The largest absolute Gasteiger partial charge is 0.310 e. The lowest BCUT2D eigenvalue weighted by atomic mass is 9.70. The van der Waals surface area contributed by atoms with Gasteiger partial charge in [0.25, 0.3) is 0 Å². The number of rotatable bonds is 7. The van der Waals surface area contributed by atoms with Crippen LogP contribution in [0.25, 0.3) is 0 Å². The highest BCUT2D eigenvalue weighted by atomic mass is 14.9. The Morgan fingerprint density at radius 3 is 2.47 bits per heavy atom. The third-order valence-electron chi connectivity index (χ3n) is 5.07. The first-order valence-electron chi connectivity index (χ1n) is 8.60. The normalized spacial score (nSPS) is 23.9. The van der Waals surface area contributed by atoms with Crippen LogP contribution in [0.2, 0.25) is 0 Å². The van der Waals surface area contributed by atoms with Gasteiger partial charge < -0.3 is 5.32 Å². The minimum absolute atomic E-state index is 0.569. The van der Waals surface area contributed by atoms with E-state index in [4.69, 9.17) is 0 Å². The van der Waals surface area contributed by atoms with Gasteiger partial charge in [-0.25, -0.2) is 0 Å². The monoisotopic (exact) mass is 263 g/mol. The number of allylic oxidation sites excluding steroid dienone is 1. The molecule has 0 bridgehead atoms. The van der Waals surface area contributed by atoms with Crippen molar-refractivity contribution in [3.8, 4) is 0 Å². The molecule has 0 amide bonds. The summed E-state index contributed by atoms with van der Waals surface area (Å²) in [7, 11) is 0. The molecule has 1 fully saturated rings. The molecule has 1 heteroatoms. The molecular formula is C18H33N. The fourth-order valence-electron chi connectivity index (χ4n) is 4.49. The smallest absolute Gasteiger partial charge is 0.0336 e. The summed E-state index contributed by atoms with van der Waals surface area (Å²) in [6, 6.07) is 0.680. The van der Waals surface area contributed by atoms with Crippen LogP contribution in [0.15, 0.2) is 11.6 Å². The quantitative estimate of drug-likeness (QED) is 0.632. The van der Waals surface area contributed by atoms with Crippen LogP contribution in [0.4, 0.5) is 0 Å². The van der Waals surface area contributed by atoms with Gasteiger partial charge in [0, 0.05) is 6.04 Å². The van der Waals surface area contributed by atoms with Gasteiger partial charge in [-0.05, 0) is 62.8 Å². The Labute approximate surface area is 120 Å². The zero-order valence-electron chi connectivity index (χ0n) is 13.3. The van der Waals surface area contributed by atoms with E-state index in [0.717, 1.165) is 5.92 Å². The highest BCUT2D eigenvalue weighted by Gasteiger charge is 2.42. The lowest BCUT2D eigenvalue weighted by molar-refractivity contribution is 0.174. The molecule has 0 aromatic heterocycles. The minimum atomic E-state index is 0.569. The van der Waals surface area contributed by atoms with Gasteiger partial charge in [0.15, 0.2) is 0 Å². The van der Waals surface area contributed by atoms with Gasteiger partial charge in [-0.15, -0.1) is 0 Å². The first-order chi connectivity index (χ1) is 9.18. The van der Waals surface area contributed by atoms with Gasteiger partial charge in [0.1, 0.15) is 0 Å². The zero-order chi connectivity index (χ0) is 13.7. The number of hydrogen-bond donors (Lipinski definition) is 1. The Morgan fingerprint density at radius 2 is 1.95 bits per heavy atom. The fraction of sp³-hybridized carbons (Fsp3) is 0.889. The Hall–Kier alpha value is -0.300. The molecule has 0 heterocycles. The summed E-state index contributed by atoms with van der Waals surface area (Å²) in [5.74, 6) is 0.825. The van der Waals surface area contributed by atoms with Crippen LogP contribution in [-0.4, -0.2) is 12.6 Å². The summed E-state index contributed by atoms with van der Waals surface area (Å²) in [4.78, 5) is 0. The van der Waals surface area contributed by atoms with Crippen molar-refractivity contribution in [3.63, 3.8) is 0 Å². The molecule has 0 spiro atoms. The second-order valence-electron chi connectivity index (χ2n) is 7.23. The first-order valence-corrected chi connectivity index (χ1v) is 8.60. The van der Waals surface area contributed by atoms with Crippen molar-refractivity contribution < 1.29 is 0 Å². The van der Waals surface area contributed by atoms with E-state index in [-0.39, 0.29) is 0 Å². The van der Waals surface area contributed by atoms with Crippen molar-refractivity contribution >= 4 is 0 Å². The maximum absolute atomic E-state index is 3.93. The van der Waals surface area contributed by atoms with Crippen LogP contribution in [0, 0.1) is 11.3 Å². The molecule has 0 aromatic carbocycles. The fourth-order valence-corrected chi connectivity index (χ4v) is 4.49. The van der Waals surface area contributed by atoms with E-state index in [9.17, 15) is 0 Å². The first kappa shape index (κ1) is 15.1. The third kappa shape index (κ3) is 3.62. The molecule has 110 valence electrons. The van der Waals surface area contributed by atoms with Gasteiger partial charge in [-0.1, -0.05) is 45.3 Å². The van der Waals surface area contributed by atoms with Crippen LogP contribution >= 0.6 is 0 Å². The van der Waals surface area contributed by atoms with E-state index in [0.29, 0.717) is 11.5 Å². The second kappa shape index (κ2) is 6.92. The number of hydrogen-bond acceptors (Lipinski definition) is 1. The average Bonchev–Trinajstić information content (AvgIpc) is 3.01. The lowest BCUT2D eigenvalue weighted by Gasteiger charge is -2.41. The van der Waals surface area contributed by atoms with E-state index < -0.39 is 0 Å². The molecule has 1 N–H and O–H groups in total. The summed E-state index contributed by atoms with van der Waals surface area (Å²) in [6.45, 7) is 8.28. The van der Waals surface area contributed by atoms with Crippen molar-refractivity contribution in [1.29, 1.82) is 0 Å². The molecule has 0 aromatic rings. The third-order valence-corrected chi connectivity index (χ3v) is 5.07. The van der Waals surface area contributed by atoms with Gasteiger partial charge in [0.2, 0.25) is 0 Å². The molecule has 2 aliphatic rings. The van der Waals surface area contributed by atoms with Crippen LogP contribution in [0.1, 0.15) is 78.6 Å². The van der Waals surface area contributed by atoms with Crippen LogP contribution < -0.4 is 5.32 Å². The Balaban J connectivity index is 2.17. The lowest BCUT2D eigenvalue weighted by Crippen LogP contribution is -2.46. The summed E-state index contributed by atoms with van der Waals surface area (Å²) in [5, 5.41) is 3.93. The second-order valence-corrected chi connectivity index (χ2v) is 7.23. The molecule has 2 rings (SSSR count). The minimum Gasteiger partial charge on any atom is -0.310 e. The van der Waals surface area contributed by atoms with E-state index in [2.05, 4.69) is 32.2 Å². The summed E-state index contributed by atoms with van der Waals surface area (Å²) in [6.07, 6.45) is 15.1. The standard InChI is InChI=1S/C18H33N/c1-4-13-19-17(16-9-5-6-10-16)18(14-15(2)3)11-7-8-12-18/h9,15,17,19H,4-8,10-14H2,1-3H3. The van der Waals surface area contributed by atoms with Gasteiger partial charge >= 0.3 is 0 Å². The predicted octanol–water partition coefficient (Wildman–Crippen LogP) is 5.07. The maximum atomic E-state index is 3.93. The van der Waals surface area contributed by atoms with E-state index >= 15 is 0 Å². The van der Waals surface area contributed by atoms with E-state index in [1.165, 1.54) is 64.3 Å². The van der Waals surface area contributed by atoms with Crippen LogP contribution in [0.5, 0.6) is 0 Å². The summed E-state index contributed by atoms with van der Waals surface area (Å²) >= 11 is 0. The average molecular weight is 263 g/mol. The molecular weight excluding hydrogens is 230 g/mol. The molecule has 19 heavy (non-hydrogen) atoms. The van der Waals surface area contributed by atoms with E-state index in [1.54, 1.807) is 5.57 Å². The summed E-state index contributed by atoms with van der Waals surface area (Å²) in [5.41, 5.74) is 2.32. The highest BCUT2D eigenvalue weighted by molar-refractivity contribution is 5.20. The van der Waals surface area contributed by atoms with Crippen molar-refractivity contribution in [1.82, 2.24) is 5.32 Å². The Morgan fingerprint density at radius 1 is 1.21 bits per heavy atom. The molecule has 0 saturated heterocycles. The van der Waals surface area contributed by atoms with Crippen molar-refractivity contribution in [3.05, 3.63) is 11.6 Å². The van der Waals surface area contributed by atoms with Crippen molar-refractivity contribution in [2.45, 2.75) is 84.6 Å². The Bertz CT molecular complexity index is 297. The molecule has 1 nitrogen and oxygen atoms in total. The maximum Gasteiger partial charge on any atom is 0.0336 e. The molecule has 1 saturated carbocycles. The Kier molecular flexibility index (Phi) is 5.50. The molecule has 1 atom stereocenters. The summed E-state index contributed by atoms with van der Waals surface area (Å²) < 4.78 is 0.